The van der Waals surface area contributed by atoms with Crippen LogP contribution in [0, 0.1) is 5.92 Å². The number of fused-ring (bicyclic) bond motifs is 1. The number of hydrogen-bond donors (Lipinski definition) is 2. The Morgan fingerprint density at radius 3 is 2.97 bits per heavy atom. The molecule has 1 atom stereocenters. The van der Waals surface area contributed by atoms with Crippen LogP contribution < -0.4 is 21.1 Å². The summed E-state index contributed by atoms with van der Waals surface area (Å²) < 4.78 is 1.67. The minimum Gasteiger partial charge on any atom is -0.356 e. The average Bonchev–Trinajstić information content (AvgIpc) is 3.44. The lowest BCUT2D eigenvalue weighted by molar-refractivity contribution is -0.125. The molecule has 1 aliphatic rings. The highest BCUT2D eigenvalue weighted by Gasteiger charge is 2.27. The second kappa shape index (κ2) is 9.52. The van der Waals surface area contributed by atoms with Crippen LogP contribution >= 0.6 is 22.7 Å². The highest BCUT2D eigenvalue weighted by molar-refractivity contribution is 7.22. The highest BCUT2D eigenvalue weighted by Crippen LogP contribution is 2.29. The van der Waals surface area contributed by atoms with Crippen molar-refractivity contribution in [3.63, 3.8) is 0 Å². The first-order chi connectivity index (χ1) is 15.0. The lowest BCUT2D eigenvalue weighted by atomic mass is 9.97. The number of anilines is 2. The molecule has 12 heteroatoms. The van der Waals surface area contributed by atoms with Crippen LogP contribution in [-0.4, -0.2) is 51.0 Å². The molecule has 0 aromatic carbocycles. The summed E-state index contributed by atoms with van der Waals surface area (Å²) in [6.07, 6.45) is 5.56. The SMILES string of the molecule is CCCNC(=O)C1CCCN(c2nc3ncn(CC(=O)Nc4nccs4)c(=O)c3s2)C1. The van der Waals surface area contributed by atoms with Gasteiger partial charge in [0.2, 0.25) is 11.8 Å². The maximum atomic E-state index is 12.9. The molecule has 1 saturated heterocycles. The number of nitrogens with zero attached hydrogens (tertiary/aromatic N) is 5. The minimum atomic E-state index is -0.347. The zero-order valence-corrected chi connectivity index (χ0v) is 18.7. The molecule has 10 nitrogen and oxygen atoms in total. The predicted molar refractivity (Wildman–Crippen MR) is 121 cm³/mol. The van der Waals surface area contributed by atoms with E-state index in [2.05, 4.69) is 25.6 Å². The van der Waals surface area contributed by atoms with Gasteiger partial charge >= 0.3 is 0 Å². The molecule has 1 fully saturated rings. The van der Waals surface area contributed by atoms with Gasteiger partial charge in [-0.25, -0.2) is 9.97 Å². The molecule has 3 aromatic rings. The van der Waals surface area contributed by atoms with Crippen LogP contribution in [-0.2, 0) is 16.1 Å². The summed E-state index contributed by atoms with van der Waals surface area (Å²) >= 11 is 2.56. The van der Waals surface area contributed by atoms with Crippen LogP contribution in [0.15, 0.2) is 22.7 Å². The van der Waals surface area contributed by atoms with Crippen molar-refractivity contribution in [3.05, 3.63) is 28.3 Å². The number of carbonyl (C=O) groups is 2. The molecule has 2 amide bonds. The smallest absolute Gasteiger partial charge is 0.273 e. The first-order valence-corrected chi connectivity index (χ1v) is 11.8. The molecule has 0 spiro atoms. The monoisotopic (exact) mass is 461 g/mol. The van der Waals surface area contributed by atoms with Crippen molar-refractivity contribution in [2.24, 2.45) is 5.92 Å². The van der Waals surface area contributed by atoms with Crippen LogP contribution in [0.3, 0.4) is 0 Å². The summed E-state index contributed by atoms with van der Waals surface area (Å²) in [5.41, 5.74) is 0.0522. The molecule has 4 rings (SSSR count). The van der Waals surface area contributed by atoms with Crippen molar-refractivity contribution in [1.82, 2.24) is 24.8 Å². The Kier molecular flexibility index (Phi) is 6.56. The summed E-state index contributed by atoms with van der Waals surface area (Å²) in [5.74, 6) is -0.370. The van der Waals surface area contributed by atoms with Crippen molar-refractivity contribution < 1.29 is 9.59 Å². The van der Waals surface area contributed by atoms with Crippen molar-refractivity contribution in [1.29, 1.82) is 0 Å². The number of thiazole rings is 2. The largest absolute Gasteiger partial charge is 0.356 e. The zero-order chi connectivity index (χ0) is 21.8. The Balaban J connectivity index is 1.49. The molecule has 0 radical (unpaired) electrons. The topological polar surface area (TPSA) is 122 Å². The quantitative estimate of drug-likeness (QED) is 0.549. The normalized spacial score (nSPS) is 16.4. The molecule has 4 heterocycles. The fourth-order valence-electron chi connectivity index (χ4n) is 3.44. The van der Waals surface area contributed by atoms with Gasteiger partial charge in [-0.1, -0.05) is 18.3 Å². The van der Waals surface area contributed by atoms with Crippen molar-refractivity contribution >= 4 is 55.1 Å². The number of piperidine rings is 1. The first kappa shape index (κ1) is 21.4. The fourth-order valence-corrected chi connectivity index (χ4v) is 4.99. The molecular weight excluding hydrogens is 438 g/mol. The summed E-state index contributed by atoms with van der Waals surface area (Å²) in [4.78, 5) is 52.3. The Morgan fingerprint density at radius 2 is 2.19 bits per heavy atom. The van der Waals surface area contributed by atoms with E-state index < -0.39 is 0 Å². The Labute approximate surface area is 186 Å². The maximum Gasteiger partial charge on any atom is 0.273 e. The Morgan fingerprint density at radius 1 is 1.32 bits per heavy atom. The summed E-state index contributed by atoms with van der Waals surface area (Å²) in [5, 5.41) is 8.53. The second-order valence-electron chi connectivity index (χ2n) is 7.29. The fraction of sp³-hybridized carbons (Fsp3) is 0.474. The highest BCUT2D eigenvalue weighted by atomic mass is 32.1. The summed E-state index contributed by atoms with van der Waals surface area (Å²) in [6.45, 7) is 3.90. The Hall–Kier alpha value is -2.86. The lowest BCUT2D eigenvalue weighted by Gasteiger charge is -2.31. The van der Waals surface area contributed by atoms with E-state index in [4.69, 9.17) is 0 Å². The number of amides is 2. The second-order valence-corrected chi connectivity index (χ2v) is 9.16. The number of rotatable bonds is 7. The van der Waals surface area contributed by atoms with Crippen LogP contribution in [0.5, 0.6) is 0 Å². The molecule has 1 unspecified atom stereocenters. The standard InChI is InChI=1S/C19H23N7O3S2/c1-2-5-20-16(28)12-4-3-7-25(9-12)19-24-15-14(31-19)17(29)26(11-22-15)10-13(27)23-18-21-6-8-30-18/h6,8,11-12H,2-5,7,9-10H2,1H3,(H,20,28)(H,21,23,27). The molecule has 31 heavy (non-hydrogen) atoms. The van der Waals surface area contributed by atoms with Gasteiger partial charge in [0.05, 0.1) is 5.92 Å². The molecule has 164 valence electrons. The van der Waals surface area contributed by atoms with Crippen LogP contribution in [0.4, 0.5) is 10.3 Å². The minimum absolute atomic E-state index is 0.0689. The van der Waals surface area contributed by atoms with Crippen molar-refractivity contribution in [2.75, 3.05) is 29.9 Å². The van der Waals surface area contributed by atoms with Gasteiger partial charge in [0, 0.05) is 31.2 Å². The van der Waals surface area contributed by atoms with Gasteiger partial charge in [-0.3, -0.25) is 19.0 Å². The van der Waals surface area contributed by atoms with E-state index in [-0.39, 0.29) is 29.8 Å². The van der Waals surface area contributed by atoms with E-state index in [1.54, 1.807) is 11.6 Å². The molecule has 0 aliphatic carbocycles. The van der Waals surface area contributed by atoms with E-state index in [1.807, 2.05) is 11.8 Å². The van der Waals surface area contributed by atoms with Crippen LogP contribution in [0.2, 0.25) is 0 Å². The average molecular weight is 462 g/mol. The molecular formula is C19H23N7O3S2. The van der Waals surface area contributed by atoms with Crippen LogP contribution in [0.25, 0.3) is 10.3 Å². The first-order valence-electron chi connectivity index (χ1n) is 10.1. The molecule has 1 aliphatic heterocycles. The van der Waals surface area contributed by atoms with Gasteiger partial charge in [-0.15, -0.1) is 11.3 Å². The molecule has 0 saturated carbocycles. The number of carbonyl (C=O) groups excluding carboxylic acids is 2. The van der Waals surface area contributed by atoms with Gasteiger partial charge in [0.1, 0.15) is 17.6 Å². The third-order valence-electron chi connectivity index (χ3n) is 4.98. The van der Waals surface area contributed by atoms with Gasteiger partial charge in [-0.05, 0) is 19.3 Å². The van der Waals surface area contributed by atoms with Gasteiger partial charge in [0.25, 0.3) is 5.56 Å². The van der Waals surface area contributed by atoms with Gasteiger partial charge in [0.15, 0.2) is 15.9 Å². The lowest BCUT2D eigenvalue weighted by Crippen LogP contribution is -2.43. The van der Waals surface area contributed by atoms with Crippen LogP contribution in [0.1, 0.15) is 26.2 Å². The maximum absolute atomic E-state index is 12.9. The predicted octanol–water partition coefficient (Wildman–Crippen LogP) is 1.69. The van der Waals surface area contributed by atoms with E-state index in [0.29, 0.717) is 33.7 Å². The van der Waals surface area contributed by atoms with Gasteiger partial charge in [-0.2, -0.15) is 4.98 Å². The van der Waals surface area contributed by atoms with Gasteiger partial charge < -0.3 is 15.5 Å². The molecule has 3 aromatic heterocycles. The third-order valence-corrected chi connectivity index (χ3v) is 6.76. The van der Waals surface area contributed by atoms with E-state index in [1.165, 1.54) is 33.6 Å². The summed E-state index contributed by atoms with van der Waals surface area (Å²) in [6, 6.07) is 0. The van der Waals surface area contributed by atoms with Crippen molar-refractivity contribution in [2.45, 2.75) is 32.7 Å². The molecule has 2 N–H and O–H groups in total. The Bertz CT molecular complexity index is 1130. The molecule has 0 bridgehead atoms. The number of nitrogens with one attached hydrogen (secondary N) is 2. The van der Waals surface area contributed by atoms with Crippen molar-refractivity contribution in [3.8, 4) is 0 Å². The van der Waals surface area contributed by atoms with E-state index in [0.717, 1.165) is 25.8 Å². The number of hydrogen-bond acceptors (Lipinski definition) is 9. The van der Waals surface area contributed by atoms with E-state index >= 15 is 0 Å². The van der Waals surface area contributed by atoms with E-state index in [9.17, 15) is 14.4 Å². The summed E-state index contributed by atoms with van der Waals surface area (Å²) in [7, 11) is 0. The third kappa shape index (κ3) is 4.90. The number of aromatic nitrogens is 4. The zero-order valence-electron chi connectivity index (χ0n) is 17.0.